The average molecular weight is 282 g/mol. The standard InChI is InChI=1S/C12H10O4S2/c13-18(14,15)11-6-10(9-2-4-17-7-9)5-8-1-3-16-12(8)11/h2,4-7H,1,3H2,(H,13,14,15). The second-order valence-electron chi connectivity index (χ2n) is 4.05. The molecule has 1 aliphatic rings. The molecule has 0 aliphatic carbocycles. The Morgan fingerprint density at radius 3 is 2.78 bits per heavy atom. The predicted octanol–water partition coefficient (Wildman–Crippen LogP) is 2.60. The molecule has 0 atom stereocenters. The maximum absolute atomic E-state index is 11.4. The average Bonchev–Trinajstić information content (AvgIpc) is 2.97. The molecule has 6 heteroatoms. The third kappa shape index (κ3) is 1.92. The molecule has 1 aromatic carbocycles. The van der Waals surface area contributed by atoms with Crippen LogP contribution in [0, 0.1) is 0 Å². The van der Waals surface area contributed by atoms with E-state index in [-0.39, 0.29) is 10.6 Å². The molecule has 0 radical (unpaired) electrons. The minimum atomic E-state index is -4.26. The van der Waals surface area contributed by atoms with Gasteiger partial charge >= 0.3 is 0 Å². The van der Waals surface area contributed by atoms with Crippen LogP contribution in [0.4, 0.5) is 0 Å². The lowest BCUT2D eigenvalue weighted by atomic mass is 10.0. The fraction of sp³-hybridized carbons (Fsp3) is 0.167. The highest BCUT2D eigenvalue weighted by atomic mass is 32.2. The maximum atomic E-state index is 11.4. The van der Waals surface area contributed by atoms with Gasteiger partial charge in [0.2, 0.25) is 0 Å². The number of rotatable bonds is 2. The highest BCUT2D eigenvalue weighted by Gasteiger charge is 2.25. The van der Waals surface area contributed by atoms with Crippen LogP contribution in [0.5, 0.6) is 5.75 Å². The van der Waals surface area contributed by atoms with Crippen molar-refractivity contribution >= 4 is 21.5 Å². The van der Waals surface area contributed by atoms with Gasteiger partial charge in [-0.25, -0.2) is 0 Å². The first-order chi connectivity index (χ1) is 8.55. The van der Waals surface area contributed by atoms with Crippen molar-refractivity contribution in [2.45, 2.75) is 11.3 Å². The molecule has 0 spiro atoms. The lowest BCUT2D eigenvalue weighted by Gasteiger charge is -2.08. The first kappa shape index (κ1) is 11.7. The summed E-state index contributed by atoms with van der Waals surface area (Å²) in [7, 11) is -4.26. The Morgan fingerprint density at radius 1 is 1.28 bits per heavy atom. The monoisotopic (exact) mass is 282 g/mol. The van der Waals surface area contributed by atoms with Gasteiger partial charge in [0.25, 0.3) is 10.1 Å². The number of ether oxygens (including phenoxy) is 1. The number of hydrogen-bond acceptors (Lipinski definition) is 4. The van der Waals surface area contributed by atoms with Gasteiger partial charge in [-0.1, -0.05) is 0 Å². The van der Waals surface area contributed by atoms with Crippen LogP contribution in [-0.4, -0.2) is 19.6 Å². The Kier molecular flexibility index (Phi) is 2.65. The van der Waals surface area contributed by atoms with Gasteiger partial charge in [-0.15, -0.1) is 0 Å². The van der Waals surface area contributed by atoms with Gasteiger partial charge in [0.1, 0.15) is 10.6 Å². The van der Waals surface area contributed by atoms with Gasteiger partial charge in [-0.05, 0) is 45.6 Å². The molecule has 2 heterocycles. The van der Waals surface area contributed by atoms with Crippen LogP contribution < -0.4 is 4.74 Å². The van der Waals surface area contributed by atoms with Crippen molar-refractivity contribution in [1.82, 2.24) is 0 Å². The van der Waals surface area contributed by atoms with Crippen molar-refractivity contribution in [2.75, 3.05) is 6.61 Å². The molecular formula is C12H10O4S2. The van der Waals surface area contributed by atoms with E-state index in [1.54, 1.807) is 0 Å². The van der Waals surface area contributed by atoms with Gasteiger partial charge in [-0.2, -0.15) is 19.8 Å². The molecular weight excluding hydrogens is 272 g/mol. The van der Waals surface area contributed by atoms with Crippen LogP contribution in [0.2, 0.25) is 0 Å². The SMILES string of the molecule is O=S(=O)(O)c1cc(-c2ccsc2)cc2c1OCC2. The van der Waals surface area contributed by atoms with E-state index in [9.17, 15) is 13.0 Å². The fourth-order valence-corrected chi connectivity index (χ4v) is 3.42. The van der Waals surface area contributed by atoms with Gasteiger partial charge < -0.3 is 4.74 Å². The van der Waals surface area contributed by atoms with E-state index in [1.165, 1.54) is 17.4 Å². The Labute approximate surface area is 109 Å². The predicted molar refractivity (Wildman–Crippen MR) is 68.8 cm³/mol. The zero-order valence-electron chi connectivity index (χ0n) is 9.29. The number of thiophene rings is 1. The summed E-state index contributed by atoms with van der Waals surface area (Å²) in [5.74, 6) is 0.288. The van der Waals surface area contributed by atoms with Crippen molar-refractivity contribution in [3.63, 3.8) is 0 Å². The molecule has 18 heavy (non-hydrogen) atoms. The number of hydrogen-bond donors (Lipinski definition) is 1. The van der Waals surface area contributed by atoms with Crippen LogP contribution in [0.15, 0.2) is 33.9 Å². The van der Waals surface area contributed by atoms with E-state index < -0.39 is 10.1 Å². The molecule has 0 saturated carbocycles. The fourth-order valence-electron chi connectivity index (χ4n) is 2.06. The van der Waals surface area contributed by atoms with Crippen molar-refractivity contribution in [3.05, 3.63) is 34.5 Å². The maximum Gasteiger partial charge on any atom is 0.298 e. The first-order valence-electron chi connectivity index (χ1n) is 5.35. The van der Waals surface area contributed by atoms with Crippen LogP contribution in [0.3, 0.4) is 0 Å². The molecule has 2 aromatic rings. The largest absolute Gasteiger partial charge is 0.491 e. The van der Waals surface area contributed by atoms with E-state index in [2.05, 4.69) is 0 Å². The number of benzene rings is 1. The minimum absolute atomic E-state index is 0.140. The van der Waals surface area contributed by atoms with Crippen LogP contribution in [0.1, 0.15) is 5.56 Å². The second-order valence-corrected chi connectivity index (χ2v) is 6.22. The van der Waals surface area contributed by atoms with E-state index in [0.29, 0.717) is 13.0 Å². The summed E-state index contributed by atoms with van der Waals surface area (Å²) in [5.41, 5.74) is 2.55. The first-order valence-corrected chi connectivity index (χ1v) is 7.74. The summed E-state index contributed by atoms with van der Waals surface area (Å²) in [5, 5.41) is 3.86. The smallest absolute Gasteiger partial charge is 0.298 e. The molecule has 1 N–H and O–H groups in total. The van der Waals surface area contributed by atoms with Crippen molar-refractivity contribution in [2.24, 2.45) is 0 Å². The molecule has 1 aliphatic heterocycles. The van der Waals surface area contributed by atoms with Crippen molar-refractivity contribution in [1.29, 1.82) is 0 Å². The Balaban J connectivity index is 2.26. The summed E-state index contributed by atoms with van der Waals surface area (Å²) in [6.45, 7) is 0.449. The summed E-state index contributed by atoms with van der Waals surface area (Å²) >= 11 is 1.54. The highest BCUT2D eigenvalue weighted by Crippen LogP contribution is 2.37. The van der Waals surface area contributed by atoms with Gasteiger partial charge in [-0.3, -0.25) is 4.55 Å². The zero-order chi connectivity index (χ0) is 12.8. The molecule has 0 bridgehead atoms. The van der Waals surface area contributed by atoms with E-state index in [0.717, 1.165) is 16.7 Å². The molecule has 94 valence electrons. The molecule has 0 amide bonds. The summed E-state index contributed by atoms with van der Waals surface area (Å²) < 4.78 is 37.3. The summed E-state index contributed by atoms with van der Waals surface area (Å²) in [6, 6.07) is 5.29. The van der Waals surface area contributed by atoms with Gasteiger partial charge in [0.05, 0.1) is 6.61 Å². The second kappa shape index (κ2) is 4.08. The van der Waals surface area contributed by atoms with Crippen molar-refractivity contribution in [3.8, 4) is 16.9 Å². The number of fused-ring (bicyclic) bond motifs is 1. The zero-order valence-corrected chi connectivity index (χ0v) is 10.9. The molecule has 4 nitrogen and oxygen atoms in total. The Bertz CT molecular complexity index is 687. The third-order valence-corrected chi connectivity index (χ3v) is 4.42. The van der Waals surface area contributed by atoms with E-state index in [4.69, 9.17) is 4.74 Å². The normalized spacial score (nSPS) is 14.3. The van der Waals surface area contributed by atoms with Crippen LogP contribution >= 0.6 is 11.3 Å². The summed E-state index contributed by atoms with van der Waals surface area (Å²) in [4.78, 5) is -0.140. The molecule has 1 aromatic heterocycles. The molecule has 0 unspecified atom stereocenters. The van der Waals surface area contributed by atoms with Crippen LogP contribution in [0.25, 0.3) is 11.1 Å². The molecule has 3 rings (SSSR count). The van der Waals surface area contributed by atoms with Gasteiger partial charge in [0.15, 0.2) is 0 Å². The van der Waals surface area contributed by atoms with Crippen LogP contribution in [-0.2, 0) is 16.5 Å². The Hall–Kier alpha value is -1.37. The Morgan fingerprint density at radius 2 is 2.11 bits per heavy atom. The lowest BCUT2D eigenvalue weighted by Crippen LogP contribution is -2.01. The van der Waals surface area contributed by atoms with Crippen molar-refractivity contribution < 1.29 is 17.7 Å². The third-order valence-electron chi connectivity index (χ3n) is 2.88. The highest BCUT2D eigenvalue weighted by molar-refractivity contribution is 7.86. The lowest BCUT2D eigenvalue weighted by molar-refractivity contribution is 0.346. The van der Waals surface area contributed by atoms with Gasteiger partial charge in [0, 0.05) is 6.42 Å². The topological polar surface area (TPSA) is 63.6 Å². The van der Waals surface area contributed by atoms with E-state index >= 15 is 0 Å². The minimum Gasteiger partial charge on any atom is -0.491 e. The quantitative estimate of drug-likeness (QED) is 0.860. The van der Waals surface area contributed by atoms with E-state index in [1.807, 2.05) is 22.9 Å². The molecule has 0 fully saturated rings. The molecule has 0 saturated heterocycles. The summed E-state index contributed by atoms with van der Waals surface area (Å²) in [6.07, 6.45) is 0.663.